The topological polar surface area (TPSA) is 32.3 Å². The first-order chi connectivity index (χ1) is 12.1. The van der Waals surface area contributed by atoms with Gasteiger partial charge in [0.05, 0.1) is 0 Å². The highest BCUT2D eigenvalue weighted by Gasteiger charge is 2.55. The Labute approximate surface area is 157 Å². The molecule has 1 amide bonds. The molecular formula is C21H23BrN2O. The lowest BCUT2D eigenvalue weighted by molar-refractivity contribution is 0.0798. The summed E-state index contributed by atoms with van der Waals surface area (Å²) in [5.74, 6) is 0.829. The van der Waals surface area contributed by atoms with Gasteiger partial charge in [-0.15, -0.1) is 0 Å². The van der Waals surface area contributed by atoms with E-state index in [1.165, 1.54) is 18.4 Å². The van der Waals surface area contributed by atoms with Gasteiger partial charge in [-0.2, -0.15) is 0 Å². The molecule has 25 heavy (non-hydrogen) atoms. The van der Waals surface area contributed by atoms with Crippen LogP contribution in [0.3, 0.4) is 0 Å². The molecule has 1 N–H and O–H groups in total. The molecule has 2 bridgehead atoms. The van der Waals surface area contributed by atoms with E-state index in [9.17, 15) is 4.79 Å². The first kappa shape index (κ1) is 16.8. The highest BCUT2D eigenvalue weighted by Crippen LogP contribution is 2.50. The number of halogens is 1. The summed E-state index contributed by atoms with van der Waals surface area (Å²) in [5.41, 5.74) is 3.33. The lowest BCUT2D eigenvalue weighted by Crippen LogP contribution is -2.53. The van der Waals surface area contributed by atoms with E-state index >= 15 is 0 Å². The third-order valence-electron chi connectivity index (χ3n) is 5.70. The average Bonchev–Trinajstić information content (AvgIpc) is 3.10. The van der Waals surface area contributed by atoms with Crippen LogP contribution < -0.4 is 5.32 Å². The smallest absolute Gasteiger partial charge is 0.251 e. The van der Waals surface area contributed by atoms with Crippen molar-refractivity contribution in [1.29, 1.82) is 0 Å². The fourth-order valence-corrected chi connectivity index (χ4v) is 4.58. The van der Waals surface area contributed by atoms with Gasteiger partial charge in [-0.3, -0.25) is 9.69 Å². The molecule has 3 fully saturated rings. The summed E-state index contributed by atoms with van der Waals surface area (Å²) in [5, 5.41) is 3.19. The van der Waals surface area contributed by atoms with Crippen molar-refractivity contribution in [2.45, 2.75) is 31.8 Å². The number of aryl methyl sites for hydroxylation is 1. The Hall–Kier alpha value is -1.65. The molecule has 0 spiro atoms. The molecule has 0 unspecified atom stereocenters. The minimum Gasteiger partial charge on any atom is -0.350 e. The minimum absolute atomic E-state index is 0.0278. The molecule has 2 aliphatic heterocycles. The number of fused-ring (bicyclic) bond motifs is 1. The van der Waals surface area contributed by atoms with E-state index < -0.39 is 0 Å². The molecule has 0 atom stereocenters. The van der Waals surface area contributed by atoms with Crippen LogP contribution in [0.15, 0.2) is 53.0 Å². The normalized spacial score (nSPS) is 24.8. The zero-order valence-electron chi connectivity index (χ0n) is 14.5. The van der Waals surface area contributed by atoms with Crippen molar-refractivity contribution in [3.05, 3.63) is 69.7 Å². The summed E-state index contributed by atoms with van der Waals surface area (Å²) in [6, 6.07) is 16.4. The van der Waals surface area contributed by atoms with E-state index in [0.29, 0.717) is 0 Å². The summed E-state index contributed by atoms with van der Waals surface area (Å²) in [7, 11) is 0. The summed E-state index contributed by atoms with van der Waals surface area (Å²) < 4.78 is 1.04. The van der Waals surface area contributed by atoms with Gasteiger partial charge in [-0.25, -0.2) is 0 Å². The number of hydrogen-bond acceptors (Lipinski definition) is 2. The third kappa shape index (κ3) is 3.25. The molecule has 2 heterocycles. The number of rotatable bonds is 5. The molecule has 2 aromatic carbocycles. The summed E-state index contributed by atoms with van der Waals surface area (Å²) >= 11 is 3.49. The lowest BCUT2D eigenvalue weighted by atomic mass is 9.73. The lowest BCUT2D eigenvalue weighted by Gasteiger charge is -2.42. The Balaban J connectivity index is 1.41. The predicted octanol–water partition coefficient (Wildman–Crippen LogP) is 4.15. The van der Waals surface area contributed by atoms with Gasteiger partial charge in [0.15, 0.2) is 0 Å². The van der Waals surface area contributed by atoms with E-state index in [2.05, 4.69) is 56.5 Å². The van der Waals surface area contributed by atoms with E-state index in [4.69, 9.17) is 0 Å². The van der Waals surface area contributed by atoms with Gasteiger partial charge in [0.1, 0.15) is 0 Å². The summed E-state index contributed by atoms with van der Waals surface area (Å²) in [6.45, 7) is 4.88. The Morgan fingerprint density at radius 2 is 2.00 bits per heavy atom. The molecule has 4 heteroatoms. The minimum atomic E-state index is 0.0278. The molecule has 130 valence electrons. The Kier molecular flexibility index (Phi) is 4.42. The maximum atomic E-state index is 12.5. The Bertz CT molecular complexity index is 784. The van der Waals surface area contributed by atoms with E-state index in [1.54, 1.807) is 0 Å². The molecule has 1 saturated carbocycles. The van der Waals surface area contributed by atoms with Crippen molar-refractivity contribution in [1.82, 2.24) is 10.2 Å². The number of carbonyl (C=O) groups excluding carboxylic acids is 1. The molecular weight excluding hydrogens is 376 g/mol. The zero-order chi connectivity index (χ0) is 17.4. The first-order valence-electron chi connectivity index (χ1n) is 8.89. The second-order valence-corrected chi connectivity index (χ2v) is 8.37. The predicted molar refractivity (Wildman–Crippen MR) is 104 cm³/mol. The number of carbonyl (C=O) groups is 1. The SMILES string of the molecule is Cc1cc(C(=O)NCC23CC(CN2Cc2ccccc2)C3)ccc1Br. The molecule has 2 saturated heterocycles. The number of amides is 1. The van der Waals surface area contributed by atoms with Gasteiger partial charge in [0.25, 0.3) is 5.91 Å². The average molecular weight is 399 g/mol. The fourth-order valence-electron chi connectivity index (χ4n) is 4.33. The second-order valence-electron chi connectivity index (χ2n) is 7.51. The van der Waals surface area contributed by atoms with Gasteiger partial charge in [-0.1, -0.05) is 46.3 Å². The quantitative estimate of drug-likeness (QED) is 0.819. The number of benzene rings is 2. The highest BCUT2D eigenvalue weighted by atomic mass is 79.9. The number of nitrogens with zero attached hydrogens (tertiary/aromatic N) is 1. The largest absolute Gasteiger partial charge is 0.350 e. The second kappa shape index (κ2) is 6.58. The third-order valence-corrected chi connectivity index (χ3v) is 6.59. The van der Waals surface area contributed by atoms with Crippen molar-refractivity contribution < 1.29 is 4.79 Å². The number of nitrogens with one attached hydrogen (secondary N) is 1. The van der Waals surface area contributed by atoms with E-state index in [1.807, 2.05) is 25.1 Å². The van der Waals surface area contributed by atoms with Crippen LogP contribution in [0.4, 0.5) is 0 Å². The van der Waals surface area contributed by atoms with Crippen LogP contribution >= 0.6 is 15.9 Å². The molecule has 3 aliphatic rings. The van der Waals surface area contributed by atoms with Crippen molar-refractivity contribution >= 4 is 21.8 Å². The van der Waals surface area contributed by atoms with Crippen molar-refractivity contribution in [3.63, 3.8) is 0 Å². The summed E-state index contributed by atoms with van der Waals surface area (Å²) in [6.07, 6.45) is 2.42. The van der Waals surface area contributed by atoms with Crippen LogP contribution in [0, 0.1) is 12.8 Å². The van der Waals surface area contributed by atoms with Gasteiger partial charge in [-0.05, 0) is 55.0 Å². The van der Waals surface area contributed by atoms with Crippen LogP contribution in [0.2, 0.25) is 0 Å². The van der Waals surface area contributed by atoms with Crippen molar-refractivity contribution in [2.75, 3.05) is 13.1 Å². The Morgan fingerprint density at radius 3 is 2.72 bits per heavy atom. The van der Waals surface area contributed by atoms with Crippen LogP contribution in [0.5, 0.6) is 0 Å². The Morgan fingerprint density at radius 1 is 1.24 bits per heavy atom. The molecule has 2 aromatic rings. The standard InChI is InChI=1S/C21H23BrN2O/c1-15-9-18(7-8-19(15)22)20(25)23-14-21-10-17(11-21)13-24(21)12-16-5-3-2-4-6-16/h2-9,17H,10-14H2,1H3,(H,23,25). The molecule has 0 aromatic heterocycles. The molecule has 5 rings (SSSR count). The van der Waals surface area contributed by atoms with Gasteiger partial charge < -0.3 is 5.32 Å². The van der Waals surface area contributed by atoms with E-state index in [0.717, 1.165) is 41.2 Å². The van der Waals surface area contributed by atoms with Gasteiger partial charge >= 0.3 is 0 Å². The number of hydrogen-bond donors (Lipinski definition) is 1. The van der Waals surface area contributed by atoms with Gasteiger partial charge in [0.2, 0.25) is 0 Å². The van der Waals surface area contributed by atoms with Crippen LogP contribution in [-0.2, 0) is 6.54 Å². The fraction of sp³-hybridized carbons (Fsp3) is 0.381. The zero-order valence-corrected chi connectivity index (χ0v) is 16.1. The maximum Gasteiger partial charge on any atom is 0.251 e. The summed E-state index contributed by atoms with van der Waals surface area (Å²) in [4.78, 5) is 15.1. The van der Waals surface area contributed by atoms with Crippen LogP contribution in [-0.4, -0.2) is 29.4 Å². The van der Waals surface area contributed by atoms with Crippen molar-refractivity contribution in [2.24, 2.45) is 5.92 Å². The molecule has 0 radical (unpaired) electrons. The maximum absolute atomic E-state index is 12.5. The van der Waals surface area contributed by atoms with Gasteiger partial charge in [0, 0.05) is 35.2 Å². The monoisotopic (exact) mass is 398 g/mol. The highest BCUT2D eigenvalue weighted by molar-refractivity contribution is 9.10. The first-order valence-corrected chi connectivity index (χ1v) is 9.68. The van der Waals surface area contributed by atoms with E-state index in [-0.39, 0.29) is 11.4 Å². The van der Waals surface area contributed by atoms with Crippen molar-refractivity contribution in [3.8, 4) is 0 Å². The molecule has 3 nitrogen and oxygen atoms in total. The van der Waals surface area contributed by atoms with Crippen LogP contribution in [0.1, 0.15) is 34.3 Å². The molecule has 1 aliphatic carbocycles. The van der Waals surface area contributed by atoms with Crippen LogP contribution in [0.25, 0.3) is 0 Å².